The molecule has 9 heteroatoms. The van der Waals surface area contributed by atoms with Gasteiger partial charge in [0.15, 0.2) is 0 Å². The number of carbonyl (C=O) groups excluding carboxylic acids is 2. The van der Waals surface area contributed by atoms with Crippen molar-refractivity contribution in [3.63, 3.8) is 0 Å². The second kappa shape index (κ2) is 9.80. The molecule has 0 radical (unpaired) electrons. The van der Waals surface area contributed by atoms with Gasteiger partial charge in [-0.05, 0) is 40.2 Å². The van der Waals surface area contributed by atoms with Crippen LogP contribution in [0.2, 0.25) is 0 Å². The Hall–Kier alpha value is -2.42. The molecule has 1 aromatic carbocycles. The van der Waals surface area contributed by atoms with Gasteiger partial charge in [0.1, 0.15) is 17.9 Å². The molecule has 1 aliphatic rings. The minimum Gasteiger partial charge on any atom is -0.445 e. The summed E-state index contributed by atoms with van der Waals surface area (Å²) in [6.45, 7) is 8.18. The van der Waals surface area contributed by atoms with E-state index in [4.69, 9.17) is 14.2 Å². The van der Waals surface area contributed by atoms with E-state index < -0.39 is 48.3 Å². The molecule has 1 fully saturated rings. The summed E-state index contributed by atoms with van der Waals surface area (Å²) in [5.41, 5.74) is -1.01. The standard InChI is InChI=1S/C22H32F2N2O5/c1-20(2,3)31-19(28)26-17(15-30-21(26,4)5)13-22(23,24)11-12-25-18(27)29-14-16-9-7-6-8-10-16/h6-10,17H,11-15H2,1-5H3,(H,25,27)/t17-/m0/s1. The van der Waals surface area contributed by atoms with Crippen molar-refractivity contribution in [1.29, 1.82) is 0 Å². The Labute approximate surface area is 182 Å². The van der Waals surface area contributed by atoms with Crippen molar-refractivity contribution in [3.05, 3.63) is 35.9 Å². The molecule has 2 amide bonds. The van der Waals surface area contributed by atoms with Gasteiger partial charge in [0.05, 0.1) is 12.6 Å². The van der Waals surface area contributed by atoms with Gasteiger partial charge < -0.3 is 19.5 Å². The number of hydrogen-bond donors (Lipinski definition) is 1. The van der Waals surface area contributed by atoms with Crippen LogP contribution in [0.15, 0.2) is 30.3 Å². The molecule has 2 rings (SSSR count). The van der Waals surface area contributed by atoms with E-state index in [1.54, 1.807) is 46.8 Å². The van der Waals surface area contributed by atoms with Gasteiger partial charge in [-0.3, -0.25) is 4.90 Å². The highest BCUT2D eigenvalue weighted by Gasteiger charge is 2.49. The van der Waals surface area contributed by atoms with E-state index in [0.717, 1.165) is 5.56 Å². The van der Waals surface area contributed by atoms with Crippen LogP contribution >= 0.6 is 0 Å². The van der Waals surface area contributed by atoms with E-state index in [1.165, 1.54) is 4.90 Å². The quantitative estimate of drug-likeness (QED) is 0.662. The molecule has 0 saturated carbocycles. The van der Waals surface area contributed by atoms with Crippen molar-refractivity contribution in [2.45, 2.75) is 77.4 Å². The molecule has 0 aliphatic carbocycles. The number of nitrogens with zero attached hydrogens (tertiary/aromatic N) is 1. The summed E-state index contributed by atoms with van der Waals surface area (Å²) >= 11 is 0. The normalized spacial score (nSPS) is 18.5. The number of alkyl halides is 2. The zero-order chi connectivity index (χ0) is 23.3. The Bertz CT molecular complexity index is 750. The van der Waals surface area contributed by atoms with Gasteiger partial charge >= 0.3 is 12.2 Å². The first-order chi connectivity index (χ1) is 14.3. The summed E-state index contributed by atoms with van der Waals surface area (Å²) in [6, 6.07) is 8.21. The molecule has 0 bridgehead atoms. The van der Waals surface area contributed by atoms with Crippen molar-refractivity contribution >= 4 is 12.2 Å². The van der Waals surface area contributed by atoms with Crippen LogP contribution in [0.3, 0.4) is 0 Å². The fraction of sp³-hybridized carbons (Fsp3) is 0.636. The van der Waals surface area contributed by atoms with Crippen LogP contribution in [0.25, 0.3) is 0 Å². The summed E-state index contributed by atoms with van der Waals surface area (Å²) < 4.78 is 45.1. The van der Waals surface area contributed by atoms with Gasteiger partial charge in [0, 0.05) is 19.4 Å². The van der Waals surface area contributed by atoms with E-state index in [1.807, 2.05) is 18.2 Å². The number of carbonyl (C=O) groups is 2. The summed E-state index contributed by atoms with van der Waals surface area (Å²) in [6.07, 6.45) is -2.65. The predicted molar refractivity (Wildman–Crippen MR) is 111 cm³/mol. The van der Waals surface area contributed by atoms with E-state index in [9.17, 15) is 18.4 Å². The highest BCUT2D eigenvalue weighted by atomic mass is 19.3. The van der Waals surface area contributed by atoms with E-state index in [-0.39, 0.29) is 19.8 Å². The Morgan fingerprint density at radius 3 is 2.48 bits per heavy atom. The van der Waals surface area contributed by atoms with Gasteiger partial charge in [-0.15, -0.1) is 0 Å². The Kier molecular flexibility index (Phi) is 7.86. The molecule has 1 aliphatic heterocycles. The summed E-state index contributed by atoms with van der Waals surface area (Å²) in [5, 5.41) is 2.34. The third kappa shape index (κ3) is 7.97. The first kappa shape index (κ1) is 24.8. The lowest BCUT2D eigenvalue weighted by atomic mass is 10.0. The number of rotatable bonds is 7. The molecule has 1 heterocycles. The van der Waals surface area contributed by atoms with Crippen LogP contribution < -0.4 is 5.32 Å². The number of hydrogen-bond acceptors (Lipinski definition) is 5. The average molecular weight is 443 g/mol. The summed E-state index contributed by atoms with van der Waals surface area (Å²) in [7, 11) is 0. The average Bonchev–Trinajstić information content (AvgIpc) is 2.92. The fourth-order valence-corrected chi connectivity index (χ4v) is 3.28. The molecule has 0 aromatic heterocycles. The molecule has 1 N–H and O–H groups in total. The zero-order valence-electron chi connectivity index (χ0n) is 18.7. The lowest BCUT2D eigenvalue weighted by Gasteiger charge is -2.36. The minimum absolute atomic E-state index is 0.0195. The Balaban J connectivity index is 1.84. The van der Waals surface area contributed by atoms with Crippen LogP contribution in [0.1, 0.15) is 53.0 Å². The van der Waals surface area contributed by atoms with Gasteiger partial charge in [-0.25, -0.2) is 18.4 Å². The first-order valence-corrected chi connectivity index (χ1v) is 10.3. The molecule has 7 nitrogen and oxygen atoms in total. The Morgan fingerprint density at radius 2 is 1.87 bits per heavy atom. The molecule has 1 aromatic rings. The molecular weight excluding hydrogens is 410 g/mol. The lowest BCUT2D eigenvalue weighted by Crippen LogP contribution is -2.51. The smallest absolute Gasteiger partial charge is 0.412 e. The van der Waals surface area contributed by atoms with Crippen molar-refractivity contribution in [2.24, 2.45) is 0 Å². The third-order valence-corrected chi connectivity index (χ3v) is 4.67. The van der Waals surface area contributed by atoms with Crippen LogP contribution in [-0.2, 0) is 20.8 Å². The van der Waals surface area contributed by atoms with Crippen LogP contribution in [-0.4, -0.2) is 53.5 Å². The second-order valence-electron chi connectivity index (χ2n) is 9.06. The third-order valence-electron chi connectivity index (χ3n) is 4.67. The van der Waals surface area contributed by atoms with Crippen LogP contribution in [0.5, 0.6) is 0 Å². The Morgan fingerprint density at radius 1 is 1.23 bits per heavy atom. The largest absolute Gasteiger partial charge is 0.445 e. The molecule has 31 heavy (non-hydrogen) atoms. The topological polar surface area (TPSA) is 77.1 Å². The minimum atomic E-state index is -3.12. The number of amides is 2. The first-order valence-electron chi connectivity index (χ1n) is 10.3. The number of benzene rings is 1. The molecule has 1 saturated heterocycles. The zero-order valence-corrected chi connectivity index (χ0v) is 18.7. The maximum Gasteiger partial charge on any atom is 0.412 e. The van der Waals surface area contributed by atoms with Crippen molar-refractivity contribution in [2.75, 3.05) is 13.2 Å². The maximum atomic E-state index is 14.6. The predicted octanol–water partition coefficient (Wildman–Crippen LogP) is 4.70. The highest BCUT2D eigenvalue weighted by molar-refractivity contribution is 5.69. The van der Waals surface area contributed by atoms with Crippen LogP contribution in [0.4, 0.5) is 18.4 Å². The van der Waals surface area contributed by atoms with Gasteiger partial charge in [0.25, 0.3) is 5.92 Å². The SMILES string of the molecule is CC(C)(C)OC(=O)N1[C@@H](CC(F)(F)CCNC(=O)OCc2ccccc2)COC1(C)C. The van der Waals surface area contributed by atoms with Gasteiger partial charge in [-0.1, -0.05) is 30.3 Å². The number of ether oxygens (including phenoxy) is 3. The maximum absolute atomic E-state index is 14.6. The highest BCUT2D eigenvalue weighted by Crippen LogP contribution is 2.35. The van der Waals surface area contributed by atoms with Gasteiger partial charge in [0.2, 0.25) is 0 Å². The van der Waals surface area contributed by atoms with E-state index in [0.29, 0.717) is 0 Å². The van der Waals surface area contributed by atoms with Crippen LogP contribution in [0, 0.1) is 0 Å². The van der Waals surface area contributed by atoms with Gasteiger partial charge in [-0.2, -0.15) is 0 Å². The molecule has 0 unspecified atom stereocenters. The van der Waals surface area contributed by atoms with E-state index >= 15 is 0 Å². The molecular formula is C22H32F2N2O5. The molecule has 174 valence electrons. The molecule has 0 spiro atoms. The summed E-state index contributed by atoms with van der Waals surface area (Å²) in [5.74, 6) is -3.12. The van der Waals surface area contributed by atoms with Crippen molar-refractivity contribution in [1.82, 2.24) is 10.2 Å². The lowest BCUT2D eigenvalue weighted by molar-refractivity contribution is -0.0708. The number of alkyl carbamates (subject to hydrolysis) is 1. The molecule has 1 atom stereocenters. The summed E-state index contributed by atoms with van der Waals surface area (Å²) in [4.78, 5) is 25.5. The van der Waals surface area contributed by atoms with Crippen molar-refractivity contribution < 1.29 is 32.6 Å². The fourth-order valence-electron chi connectivity index (χ4n) is 3.28. The van der Waals surface area contributed by atoms with E-state index in [2.05, 4.69) is 5.32 Å². The monoisotopic (exact) mass is 442 g/mol. The second-order valence-corrected chi connectivity index (χ2v) is 9.06. The van der Waals surface area contributed by atoms with Crippen molar-refractivity contribution in [3.8, 4) is 0 Å². The number of nitrogens with one attached hydrogen (secondary N) is 1. The number of halogens is 2.